The Morgan fingerprint density at radius 1 is 0.727 bits per heavy atom. The molecule has 0 saturated carbocycles. The number of carbonyl (C=O) groups is 4. The van der Waals surface area contributed by atoms with Crippen molar-refractivity contribution in [3.8, 4) is 0 Å². The van der Waals surface area contributed by atoms with Gasteiger partial charge in [-0.2, -0.15) is 0 Å². The second kappa shape index (κ2) is 20.3. The van der Waals surface area contributed by atoms with E-state index < -0.39 is 36.1 Å². The zero-order chi connectivity index (χ0) is 14.3. The van der Waals surface area contributed by atoms with Crippen molar-refractivity contribution in [3.63, 3.8) is 0 Å². The van der Waals surface area contributed by atoms with Crippen LogP contribution in [0.25, 0.3) is 0 Å². The van der Waals surface area contributed by atoms with Crippen LogP contribution in [0, 0.1) is 0 Å². The monoisotopic (exact) mass is 428 g/mol. The van der Waals surface area contributed by atoms with Crippen LogP contribution >= 0.6 is 0 Å². The van der Waals surface area contributed by atoms with Crippen LogP contribution in [0.4, 0.5) is 0 Å². The summed E-state index contributed by atoms with van der Waals surface area (Å²) in [4.78, 5) is 43.3. The van der Waals surface area contributed by atoms with E-state index in [9.17, 15) is 19.2 Å². The van der Waals surface area contributed by atoms with Crippen LogP contribution in [-0.2, 0) is 28.7 Å². The number of aliphatic hydroxyl groups is 2. The molecule has 0 bridgehead atoms. The van der Waals surface area contributed by atoms with Crippen LogP contribution in [0.15, 0.2) is 12.2 Å². The maximum absolute atomic E-state index is 10.9. The second-order valence-electron chi connectivity index (χ2n) is 3.17. The van der Waals surface area contributed by atoms with E-state index in [4.69, 9.17) is 10.2 Å². The molecular weight excluding hydrogens is 408 g/mol. The molecule has 116 valence electrons. The van der Waals surface area contributed by atoms with Gasteiger partial charge in [0.05, 0.1) is 0 Å². The summed E-state index contributed by atoms with van der Waals surface area (Å²) in [6.07, 6.45) is -1.88. The molecule has 0 aliphatic carbocycles. The summed E-state index contributed by atoms with van der Waals surface area (Å²) in [7, 11) is 0. The first-order chi connectivity index (χ1) is 8.23. The zero-order valence-electron chi connectivity index (χ0n) is 9.65. The molecule has 8 nitrogen and oxygen atoms in total. The molecule has 2 unspecified atom stereocenters. The fourth-order valence-electron chi connectivity index (χ4n) is 0.573. The van der Waals surface area contributed by atoms with Crippen molar-refractivity contribution >= 4 is 175 Å². The van der Waals surface area contributed by atoms with Crippen molar-refractivity contribution in [2.75, 3.05) is 0 Å². The number of carbonyl (C=O) groups excluding carboxylic acids is 4. The van der Waals surface area contributed by atoms with Gasteiger partial charge in [0.1, 0.15) is 12.2 Å². The third kappa shape index (κ3) is 19.3. The van der Waals surface area contributed by atoms with Gasteiger partial charge < -0.3 is 19.7 Å². The van der Waals surface area contributed by atoms with E-state index in [0.717, 1.165) is 13.8 Å². The first-order valence-electron chi connectivity index (χ1n) is 4.79. The number of rotatable bonds is 4. The van der Waals surface area contributed by atoms with Gasteiger partial charge in [0.15, 0.2) is 0 Å². The van der Waals surface area contributed by atoms with Gasteiger partial charge in [0.2, 0.25) is 0 Å². The molecule has 0 aliphatic rings. The second-order valence-corrected chi connectivity index (χ2v) is 3.17. The predicted molar refractivity (Wildman–Crippen MR) is 88.9 cm³/mol. The predicted octanol–water partition coefficient (Wildman–Crippen LogP) is -5.22. The molecule has 0 radical (unpaired) electrons. The molecule has 0 aromatic heterocycles. The quantitative estimate of drug-likeness (QED) is 0.197. The summed E-state index contributed by atoms with van der Waals surface area (Å²) in [6.45, 7) is 2.18. The Morgan fingerprint density at radius 3 is 1.14 bits per heavy atom. The third-order valence-electron chi connectivity index (χ3n) is 1.44. The molecular formula is C10H20Ca4O8. The molecule has 0 saturated heterocycles. The van der Waals surface area contributed by atoms with Crippen molar-refractivity contribution < 1.29 is 38.9 Å². The number of ether oxygens (including phenoxy) is 2. The maximum atomic E-state index is 10.9. The third-order valence-corrected chi connectivity index (χ3v) is 1.44. The fourth-order valence-corrected chi connectivity index (χ4v) is 0.573. The van der Waals surface area contributed by atoms with Crippen LogP contribution in [0.2, 0.25) is 0 Å². The number of hydrogen-bond acceptors (Lipinski definition) is 8. The van der Waals surface area contributed by atoms with Gasteiger partial charge in [-0.25, -0.2) is 19.2 Å². The minimum atomic E-state index is -1.48. The normalized spacial score (nSPS) is 11.3. The summed E-state index contributed by atoms with van der Waals surface area (Å²) >= 11 is 0. The van der Waals surface area contributed by atoms with Gasteiger partial charge in [-0.3, -0.25) is 0 Å². The summed E-state index contributed by atoms with van der Waals surface area (Å²) in [5, 5.41) is 17.4. The fraction of sp³-hybridized carbons (Fsp3) is 0.400. The van der Waals surface area contributed by atoms with E-state index in [0.29, 0.717) is 12.2 Å². The Morgan fingerprint density at radius 2 is 0.955 bits per heavy atom. The van der Waals surface area contributed by atoms with E-state index >= 15 is 0 Å². The Hall–Kier alpha value is 2.98. The van der Waals surface area contributed by atoms with Gasteiger partial charge in [-0.1, -0.05) is 0 Å². The summed E-state index contributed by atoms with van der Waals surface area (Å²) in [6, 6.07) is 0. The zero-order valence-corrected chi connectivity index (χ0v) is 9.65. The topological polar surface area (TPSA) is 127 Å². The Balaban J connectivity index is -0.000000241. The van der Waals surface area contributed by atoms with Crippen LogP contribution in [0.5, 0.6) is 0 Å². The molecule has 0 aromatic rings. The average molecular weight is 429 g/mol. The van der Waals surface area contributed by atoms with Crippen molar-refractivity contribution in [1.29, 1.82) is 0 Å². The SMILES string of the molecule is CC(O)C(=O)OC(=O)/C=C/C(=O)OC(=O)C(C)O.[CaH2].[CaH2].[CaH2].[CaH2]. The summed E-state index contributed by atoms with van der Waals surface area (Å²) < 4.78 is 8.12. The van der Waals surface area contributed by atoms with Gasteiger partial charge >= 0.3 is 175 Å². The van der Waals surface area contributed by atoms with Crippen LogP contribution in [0.1, 0.15) is 13.8 Å². The molecule has 0 heterocycles. The van der Waals surface area contributed by atoms with E-state index in [-0.39, 0.29) is 151 Å². The molecule has 0 fully saturated rings. The average Bonchev–Trinajstić information content (AvgIpc) is 2.25. The molecule has 0 amide bonds. The summed E-state index contributed by atoms with van der Waals surface area (Å²) in [5.74, 6) is -4.78. The Labute approximate surface area is 246 Å². The van der Waals surface area contributed by atoms with E-state index in [2.05, 4.69) is 9.47 Å². The number of esters is 4. The number of hydrogen-bond donors (Lipinski definition) is 2. The minimum absolute atomic E-state index is 0. The molecule has 0 aliphatic heterocycles. The van der Waals surface area contributed by atoms with Crippen molar-refractivity contribution in [1.82, 2.24) is 0 Å². The first-order valence-corrected chi connectivity index (χ1v) is 4.79. The van der Waals surface area contributed by atoms with E-state index in [1.165, 1.54) is 0 Å². The Kier molecular flexibility index (Phi) is 33.2. The van der Waals surface area contributed by atoms with Gasteiger partial charge in [0, 0.05) is 12.2 Å². The van der Waals surface area contributed by atoms with Crippen molar-refractivity contribution in [2.24, 2.45) is 0 Å². The van der Waals surface area contributed by atoms with E-state index in [1.807, 2.05) is 0 Å². The van der Waals surface area contributed by atoms with Gasteiger partial charge in [-0.05, 0) is 13.8 Å². The van der Waals surface area contributed by atoms with Crippen LogP contribution in [-0.4, -0.2) is 197 Å². The number of aliphatic hydroxyl groups excluding tert-OH is 2. The molecule has 2 N–H and O–H groups in total. The molecule has 2 atom stereocenters. The molecule has 0 rings (SSSR count). The Bertz CT molecular complexity index is 358. The van der Waals surface area contributed by atoms with Crippen molar-refractivity contribution in [3.05, 3.63) is 12.2 Å². The van der Waals surface area contributed by atoms with Crippen LogP contribution < -0.4 is 0 Å². The molecule has 0 spiro atoms. The van der Waals surface area contributed by atoms with E-state index in [1.54, 1.807) is 0 Å². The molecule has 22 heavy (non-hydrogen) atoms. The summed E-state index contributed by atoms with van der Waals surface area (Å²) in [5.41, 5.74) is 0. The molecule has 12 heteroatoms. The first kappa shape index (κ1) is 36.0. The van der Waals surface area contributed by atoms with Gasteiger partial charge in [-0.15, -0.1) is 0 Å². The standard InChI is InChI=1S/C10H12O8.4Ca.8H/c1-5(11)9(15)17-7(13)3-4-8(14)18-10(16)6(2)12;;;;;;;;;;;;/h3-6,11-12H,1-2H3;;;;;;;;;;;;/b4-3+;;;;;;;;;;;;. The van der Waals surface area contributed by atoms with Crippen LogP contribution in [0.3, 0.4) is 0 Å². The van der Waals surface area contributed by atoms with Gasteiger partial charge in [0.25, 0.3) is 0 Å². The molecule has 0 aromatic carbocycles. The van der Waals surface area contributed by atoms with Crippen molar-refractivity contribution in [2.45, 2.75) is 26.1 Å².